The Labute approximate surface area is 161 Å². The minimum atomic E-state index is -3.99. The quantitative estimate of drug-likeness (QED) is 0.332. The van der Waals surface area contributed by atoms with E-state index in [1.165, 1.54) is 36.4 Å². The molecule has 0 amide bonds. The first-order valence-electron chi connectivity index (χ1n) is 8.04. The molecule has 0 unspecified atom stereocenters. The van der Waals surface area contributed by atoms with Gasteiger partial charge in [-0.1, -0.05) is 41.3 Å². The van der Waals surface area contributed by atoms with E-state index in [0.717, 1.165) is 7.11 Å². The second kappa shape index (κ2) is 7.89. The zero-order chi connectivity index (χ0) is 20.3. The number of allylic oxidation sites excluding steroid dienone is 3. The maximum atomic E-state index is 12.6. The first-order valence-corrected chi connectivity index (χ1v) is 9.52. The van der Waals surface area contributed by atoms with Gasteiger partial charge in [-0.25, -0.2) is 8.42 Å². The highest BCUT2D eigenvalue weighted by Crippen LogP contribution is 2.32. The van der Waals surface area contributed by atoms with Gasteiger partial charge in [-0.2, -0.15) is 0 Å². The number of nitro benzene ring substituents is 1. The number of hydrogen-bond acceptors (Lipinski definition) is 6. The Kier molecular flexibility index (Phi) is 5.54. The average Bonchev–Trinajstić information content (AvgIpc) is 3.21. The van der Waals surface area contributed by atoms with Gasteiger partial charge in [-0.05, 0) is 23.2 Å². The number of nitro groups is 1. The molecule has 1 aliphatic rings. The summed E-state index contributed by atoms with van der Waals surface area (Å²) in [6.07, 6.45) is 3.23. The molecule has 1 radical (unpaired) electrons. The van der Waals surface area contributed by atoms with Gasteiger partial charge >= 0.3 is 0 Å². The lowest BCUT2D eigenvalue weighted by Crippen LogP contribution is -2.22. The molecule has 1 heterocycles. The first kappa shape index (κ1) is 19.7. The highest BCUT2D eigenvalue weighted by Gasteiger charge is 2.26. The van der Waals surface area contributed by atoms with Crippen LogP contribution in [-0.2, 0) is 14.9 Å². The van der Waals surface area contributed by atoms with E-state index in [9.17, 15) is 23.3 Å². The summed E-state index contributed by atoms with van der Waals surface area (Å²) in [4.78, 5) is 29.8. The van der Waals surface area contributed by atoms with E-state index >= 15 is 0 Å². The van der Waals surface area contributed by atoms with Gasteiger partial charge in [-0.3, -0.25) is 19.7 Å². The number of nitrogens with zero attached hydrogens (tertiary/aromatic N) is 1. The fourth-order valence-electron chi connectivity index (χ4n) is 2.82. The lowest BCUT2D eigenvalue weighted by Gasteiger charge is -2.11. The Morgan fingerprint density at radius 2 is 1.96 bits per heavy atom. The van der Waals surface area contributed by atoms with Crippen LogP contribution >= 0.6 is 0 Å². The Morgan fingerprint density at radius 1 is 1.21 bits per heavy atom. The van der Waals surface area contributed by atoms with Crippen LogP contribution in [0.1, 0.15) is 10.4 Å². The predicted octanol–water partition coefficient (Wildman–Crippen LogP) is 2.40. The Balaban J connectivity index is 2.12. The maximum Gasteiger partial charge on any atom is 0.281 e. The van der Waals surface area contributed by atoms with Crippen molar-refractivity contribution in [2.24, 2.45) is 0 Å². The fourth-order valence-corrected chi connectivity index (χ4v) is 3.86. The molecule has 0 fully saturated rings. The van der Waals surface area contributed by atoms with Crippen molar-refractivity contribution in [3.8, 4) is 11.1 Å². The van der Waals surface area contributed by atoms with Crippen LogP contribution in [0.2, 0.25) is 0 Å². The molecule has 1 aliphatic heterocycles. The largest absolute Gasteiger partial charge is 0.290 e. The smallest absolute Gasteiger partial charge is 0.281 e. The average molecular weight is 397 g/mol. The number of sulfonamides is 1. The molecule has 28 heavy (non-hydrogen) atoms. The van der Waals surface area contributed by atoms with Crippen LogP contribution in [-0.4, -0.2) is 33.5 Å². The predicted molar refractivity (Wildman–Crippen MR) is 103 cm³/mol. The minimum absolute atomic E-state index is 0.0738. The Morgan fingerprint density at radius 3 is 2.61 bits per heavy atom. The Bertz CT molecular complexity index is 1120. The van der Waals surface area contributed by atoms with Gasteiger partial charge in [0.05, 0.1) is 22.5 Å². The molecular formula is C18H14BN2O6S. The van der Waals surface area contributed by atoms with Gasteiger partial charge in [0.25, 0.3) is 15.7 Å². The summed E-state index contributed by atoms with van der Waals surface area (Å²) in [6.45, 7) is 0. The second-order valence-electron chi connectivity index (χ2n) is 5.78. The molecule has 0 aromatic heterocycles. The van der Waals surface area contributed by atoms with E-state index < -0.39 is 26.4 Å². The summed E-state index contributed by atoms with van der Waals surface area (Å²) in [5.41, 5.74) is 0.374. The number of rotatable bonds is 7. The third-order valence-electron chi connectivity index (χ3n) is 4.04. The van der Waals surface area contributed by atoms with Crippen LogP contribution < -0.4 is 4.89 Å². The summed E-state index contributed by atoms with van der Waals surface area (Å²) in [5, 5.41) is 11.6. The molecule has 0 saturated carbocycles. The van der Waals surface area contributed by atoms with Crippen LogP contribution in [0.5, 0.6) is 0 Å². The molecule has 141 valence electrons. The summed E-state index contributed by atoms with van der Waals surface area (Å²) in [5.74, 6) is 1.18. The van der Waals surface area contributed by atoms with Crippen molar-refractivity contribution in [3.63, 3.8) is 0 Å². The summed E-state index contributed by atoms with van der Waals surface area (Å²) < 4.78 is 24.7. The summed E-state index contributed by atoms with van der Waals surface area (Å²) in [6, 6.07) is 10.00. The molecule has 2 aromatic carbocycles. The third-order valence-corrected chi connectivity index (χ3v) is 5.37. The van der Waals surface area contributed by atoms with Crippen LogP contribution in [0.25, 0.3) is 11.1 Å². The van der Waals surface area contributed by atoms with E-state index in [1.807, 2.05) is 4.89 Å². The number of carbonyl (C=O) groups excluding carboxylic acids is 1. The van der Waals surface area contributed by atoms with Crippen LogP contribution in [0.3, 0.4) is 0 Å². The van der Waals surface area contributed by atoms with Crippen molar-refractivity contribution >= 4 is 28.8 Å². The van der Waals surface area contributed by atoms with Crippen LogP contribution in [0.15, 0.2) is 71.0 Å². The molecule has 0 aliphatic carbocycles. The molecular weight excluding hydrogens is 383 g/mol. The maximum absolute atomic E-state index is 12.6. The minimum Gasteiger partial charge on any atom is -0.290 e. The molecule has 10 heteroatoms. The van der Waals surface area contributed by atoms with E-state index in [0.29, 0.717) is 5.47 Å². The topological polar surface area (TPSA) is 116 Å². The summed E-state index contributed by atoms with van der Waals surface area (Å²) in [7, 11) is -1.26. The molecule has 0 spiro atoms. The first-order chi connectivity index (χ1) is 13.3. The van der Waals surface area contributed by atoms with Gasteiger partial charge in [-0.15, -0.1) is 5.98 Å². The van der Waals surface area contributed by atoms with Crippen LogP contribution in [0, 0.1) is 10.1 Å². The Hall–Kier alpha value is -3.08. The molecule has 0 bridgehead atoms. The number of benzene rings is 2. The fraction of sp³-hybridized carbons (Fsp3) is 0.0556. The molecule has 1 N–H and O–H groups in total. The van der Waals surface area contributed by atoms with E-state index in [-0.39, 0.29) is 21.6 Å². The van der Waals surface area contributed by atoms with Crippen molar-refractivity contribution in [2.45, 2.75) is 4.90 Å². The van der Waals surface area contributed by atoms with Crippen molar-refractivity contribution < 1.29 is 23.0 Å². The normalized spacial score (nSPS) is 13.1. The monoisotopic (exact) mass is 397 g/mol. The standard InChI is InChI=1S/C18H14BN2O6S/c1-27-20-28(25,26)17-7-3-2-5-13(17)12-8-9-14(16(11-12)21(23)24)18(22)15-6-4-10-19-15/h2-11,20H,1H3. The van der Waals surface area contributed by atoms with Crippen LogP contribution in [0.4, 0.5) is 5.69 Å². The van der Waals surface area contributed by atoms with Crippen molar-refractivity contribution in [3.05, 3.63) is 81.7 Å². The molecule has 0 atom stereocenters. The zero-order valence-corrected chi connectivity index (χ0v) is 15.5. The number of ketones is 1. The van der Waals surface area contributed by atoms with Crippen molar-refractivity contribution in [1.29, 1.82) is 0 Å². The van der Waals surface area contributed by atoms with Gasteiger partial charge < -0.3 is 0 Å². The zero-order valence-electron chi connectivity index (χ0n) is 14.7. The molecule has 8 nitrogen and oxygen atoms in total. The molecule has 3 rings (SSSR count). The van der Waals surface area contributed by atoms with E-state index in [1.54, 1.807) is 31.5 Å². The van der Waals surface area contributed by atoms with Crippen molar-refractivity contribution in [2.75, 3.05) is 7.11 Å². The number of carbonyl (C=O) groups is 1. The molecule has 0 saturated heterocycles. The number of nitrogens with one attached hydrogen (secondary N) is 1. The van der Waals surface area contributed by atoms with Gasteiger partial charge in [0.15, 0.2) is 13.1 Å². The third kappa shape index (κ3) is 3.79. The molecule has 2 aromatic rings. The van der Waals surface area contributed by atoms with Gasteiger partial charge in [0, 0.05) is 11.6 Å². The van der Waals surface area contributed by atoms with Gasteiger partial charge in [0.2, 0.25) is 0 Å². The second-order valence-corrected chi connectivity index (χ2v) is 7.39. The number of Topliss-reactive ketones (excluding diaryl/α,β-unsaturated/α-hetero) is 1. The van der Waals surface area contributed by atoms with E-state index in [4.69, 9.17) is 0 Å². The highest BCUT2D eigenvalue weighted by atomic mass is 32.2. The van der Waals surface area contributed by atoms with Crippen molar-refractivity contribution in [1.82, 2.24) is 4.89 Å². The van der Waals surface area contributed by atoms with Gasteiger partial charge in [0.1, 0.15) is 0 Å². The number of hydrogen-bond donors (Lipinski definition) is 1. The SMILES string of the molecule is CONS(=O)(=O)c1ccccc1-c1ccc(C(=O)C2=CC=C[B]2)c([N+](=O)[O-])c1. The lowest BCUT2D eigenvalue weighted by molar-refractivity contribution is -0.385. The lowest BCUT2D eigenvalue weighted by atomic mass is 9.70. The highest BCUT2D eigenvalue weighted by molar-refractivity contribution is 7.89. The van der Waals surface area contributed by atoms with E-state index in [2.05, 4.69) is 4.84 Å². The summed E-state index contributed by atoms with van der Waals surface area (Å²) >= 11 is 0.